The average Bonchev–Trinajstić information content (AvgIpc) is 3.08. The highest BCUT2D eigenvalue weighted by Gasteiger charge is 2.21. The first kappa shape index (κ1) is 19.0. The van der Waals surface area contributed by atoms with Gasteiger partial charge in [0.05, 0.1) is 19.9 Å². The molecule has 0 aliphatic carbocycles. The summed E-state index contributed by atoms with van der Waals surface area (Å²) in [5.41, 5.74) is 6.07. The van der Waals surface area contributed by atoms with Gasteiger partial charge in [-0.25, -0.2) is 19.3 Å². The molecule has 10 nitrogen and oxygen atoms in total. The molecule has 2 aromatic carbocycles. The van der Waals surface area contributed by atoms with Crippen molar-refractivity contribution in [1.29, 1.82) is 0 Å². The molecule has 2 heterocycles. The number of fused-ring (bicyclic) bond motifs is 1. The number of aromatic amines is 1. The van der Waals surface area contributed by atoms with Crippen molar-refractivity contribution in [2.45, 2.75) is 0 Å². The zero-order chi connectivity index (χ0) is 21.4. The summed E-state index contributed by atoms with van der Waals surface area (Å²) in [4.78, 5) is 36.1. The zero-order valence-corrected chi connectivity index (χ0v) is 16.0. The number of rotatable bonds is 5. The van der Waals surface area contributed by atoms with Crippen molar-refractivity contribution in [2.24, 2.45) is 5.73 Å². The van der Waals surface area contributed by atoms with Crippen LogP contribution in [0.3, 0.4) is 0 Å². The van der Waals surface area contributed by atoms with E-state index < -0.39 is 11.6 Å². The molecule has 0 aliphatic rings. The van der Waals surface area contributed by atoms with Crippen molar-refractivity contribution in [2.75, 3.05) is 14.2 Å². The van der Waals surface area contributed by atoms with Crippen LogP contribution < -0.4 is 20.9 Å². The maximum Gasteiger partial charge on any atom is 0.332 e. The van der Waals surface area contributed by atoms with Crippen LogP contribution in [0.25, 0.3) is 28.2 Å². The van der Waals surface area contributed by atoms with Crippen molar-refractivity contribution < 1.29 is 19.4 Å². The lowest BCUT2D eigenvalue weighted by atomic mass is 10.2. The molecule has 0 saturated heterocycles. The maximum absolute atomic E-state index is 12.7. The van der Waals surface area contributed by atoms with Gasteiger partial charge in [0, 0.05) is 11.6 Å². The number of carbonyl (C=O) groups is 1. The molecule has 0 bridgehead atoms. The highest BCUT2D eigenvalue weighted by Crippen LogP contribution is 2.31. The largest absolute Gasteiger partial charge is 0.504 e. The summed E-state index contributed by atoms with van der Waals surface area (Å²) in [6.45, 7) is 0. The lowest BCUT2D eigenvalue weighted by molar-refractivity contribution is 0.0997. The number of ether oxygens (including phenoxy) is 2. The van der Waals surface area contributed by atoms with Crippen molar-refractivity contribution in [1.82, 2.24) is 19.5 Å². The Hall–Kier alpha value is -4.34. The number of amides is 1. The van der Waals surface area contributed by atoms with Crippen LogP contribution >= 0.6 is 0 Å². The van der Waals surface area contributed by atoms with Gasteiger partial charge in [0.1, 0.15) is 11.3 Å². The summed E-state index contributed by atoms with van der Waals surface area (Å²) in [5, 5.41) is 9.84. The van der Waals surface area contributed by atoms with Crippen molar-refractivity contribution >= 4 is 17.1 Å². The number of phenolic OH excluding ortho intramolecular Hbond substituents is 1. The van der Waals surface area contributed by atoms with Gasteiger partial charge in [0.2, 0.25) is 0 Å². The Morgan fingerprint density at radius 3 is 2.63 bits per heavy atom. The number of benzene rings is 2. The smallest absolute Gasteiger partial charge is 0.332 e. The van der Waals surface area contributed by atoms with E-state index in [0.717, 1.165) is 0 Å². The van der Waals surface area contributed by atoms with Crippen LogP contribution in [0.2, 0.25) is 0 Å². The van der Waals surface area contributed by atoms with Gasteiger partial charge in [-0.15, -0.1) is 0 Å². The number of aromatic nitrogens is 4. The Morgan fingerprint density at radius 2 is 1.93 bits per heavy atom. The topological polar surface area (TPSA) is 145 Å². The van der Waals surface area contributed by atoms with E-state index in [1.807, 2.05) is 0 Å². The highest BCUT2D eigenvalue weighted by atomic mass is 16.5. The fraction of sp³-hybridized carbons (Fsp3) is 0.100. The summed E-state index contributed by atoms with van der Waals surface area (Å²) in [7, 11) is 2.92. The van der Waals surface area contributed by atoms with Crippen LogP contribution in [0, 0.1) is 0 Å². The summed E-state index contributed by atoms with van der Waals surface area (Å²) in [6, 6.07) is 11.3. The standard InChI is InChI=1S/C20H17N5O5/c1-29-12-5-3-4-11(9-12)25-19-16(23-20(25)28)15(17(21)27)22-18(24-19)10-6-7-13(26)14(8-10)30-2/h3-9,26H,1-2H3,(H2,21,27)(H,23,28). The molecule has 1 amide bonds. The third-order valence-corrected chi connectivity index (χ3v) is 4.52. The lowest BCUT2D eigenvalue weighted by Gasteiger charge is -2.09. The third kappa shape index (κ3) is 3.09. The van der Waals surface area contributed by atoms with Gasteiger partial charge >= 0.3 is 5.69 Å². The quantitative estimate of drug-likeness (QED) is 0.455. The van der Waals surface area contributed by atoms with Gasteiger partial charge in [0.15, 0.2) is 28.7 Å². The number of hydrogen-bond donors (Lipinski definition) is 3. The predicted molar refractivity (Wildman–Crippen MR) is 108 cm³/mol. The lowest BCUT2D eigenvalue weighted by Crippen LogP contribution is -2.15. The van der Waals surface area contributed by atoms with E-state index in [1.165, 1.54) is 30.9 Å². The minimum atomic E-state index is -0.826. The first-order chi connectivity index (χ1) is 14.4. The monoisotopic (exact) mass is 407 g/mol. The molecule has 0 spiro atoms. The molecule has 10 heteroatoms. The Labute approximate surface area is 169 Å². The maximum atomic E-state index is 12.7. The second-order valence-corrected chi connectivity index (χ2v) is 6.31. The second-order valence-electron chi connectivity index (χ2n) is 6.31. The number of phenols is 1. The van der Waals surface area contributed by atoms with Crippen molar-refractivity contribution in [3.63, 3.8) is 0 Å². The molecule has 4 rings (SSSR count). The van der Waals surface area contributed by atoms with Crippen molar-refractivity contribution in [3.05, 3.63) is 58.6 Å². The first-order valence-corrected chi connectivity index (χ1v) is 8.77. The van der Waals surface area contributed by atoms with Gasteiger partial charge in [-0.2, -0.15) is 0 Å². The van der Waals surface area contributed by atoms with E-state index in [2.05, 4.69) is 15.0 Å². The Morgan fingerprint density at radius 1 is 1.13 bits per heavy atom. The Balaban J connectivity index is 2.03. The first-order valence-electron chi connectivity index (χ1n) is 8.77. The molecule has 152 valence electrons. The molecule has 4 N–H and O–H groups in total. The number of methoxy groups -OCH3 is 2. The number of primary amides is 1. The number of H-pyrrole nitrogens is 1. The molecule has 30 heavy (non-hydrogen) atoms. The van der Waals surface area contributed by atoms with E-state index in [9.17, 15) is 14.7 Å². The molecule has 0 fully saturated rings. The van der Waals surface area contributed by atoms with E-state index in [0.29, 0.717) is 17.0 Å². The number of carbonyl (C=O) groups excluding carboxylic acids is 1. The van der Waals surface area contributed by atoms with E-state index in [-0.39, 0.29) is 34.2 Å². The third-order valence-electron chi connectivity index (χ3n) is 4.52. The molecular weight excluding hydrogens is 390 g/mol. The molecule has 0 saturated carbocycles. The van der Waals surface area contributed by atoms with Crippen LogP contribution in [-0.2, 0) is 0 Å². The normalized spacial score (nSPS) is 10.9. The molecule has 0 aliphatic heterocycles. The molecule has 0 atom stereocenters. The average molecular weight is 407 g/mol. The second kappa shape index (κ2) is 7.24. The number of aromatic hydroxyl groups is 1. The highest BCUT2D eigenvalue weighted by molar-refractivity contribution is 6.02. The molecule has 2 aromatic heterocycles. The summed E-state index contributed by atoms with van der Waals surface area (Å²) in [5.74, 6) is -0.0106. The number of nitrogens with one attached hydrogen (secondary N) is 1. The van der Waals surface area contributed by atoms with Crippen LogP contribution in [0.5, 0.6) is 17.2 Å². The fourth-order valence-electron chi connectivity index (χ4n) is 3.10. The number of nitrogens with two attached hydrogens (primary N) is 1. The Bertz CT molecular complexity index is 1340. The molecule has 0 radical (unpaired) electrons. The minimum absolute atomic E-state index is 0.0626. The van der Waals surface area contributed by atoms with E-state index >= 15 is 0 Å². The molecule has 4 aromatic rings. The zero-order valence-electron chi connectivity index (χ0n) is 16.0. The van der Waals surface area contributed by atoms with Crippen LogP contribution in [0.1, 0.15) is 10.5 Å². The SMILES string of the molecule is COc1cccc(-n2c(=O)[nH]c3c(C(N)=O)nc(-c4ccc(O)c(OC)c4)nc32)c1. The molecule has 0 unspecified atom stereocenters. The van der Waals surface area contributed by atoms with Crippen LogP contribution in [0.4, 0.5) is 0 Å². The summed E-state index contributed by atoms with van der Waals surface area (Å²) in [6.07, 6.45) is 0. The van der Waals surface area contributed by atoms with Gasteiger partial charge in [-0.3, -0.25) is 4.79 Å². The van der Waals surface area contributed by atoms with Gasteiger partial charge in [-0.1, -0.05) is 6.07 Å². The number of hydrogen-bond acceptors (Lipinski definition) is 7. The van der Waals surface area contributed by atoms with Gasteiger partial charge < -0.3 is 25.3 Å². The summed E-state index contributed by atoms with van der Waals surface area (Å²) >= 11 is 0. The van der Waals surface area contributed by atoms with Crippen LogP contribution in [-0.4, -0.2) is 44.8 Å². The summed E-state index contributed by atoms with van der Waals surface area (Å²) < 4.78 is 11.6. The number of imidazole rings is 1. The van der Waals surface area contributed by atoms with Crippen molar-refractivity contribution in [3.8, 4) is 34.3 Å². The van der Waals surface area contributed by atoms with Gasteiger partial charge in [0.25, 0.3) is 5.91 Å². The van der Waals surface area contributed by atoms with Crippen LogP contribution in [0.15, 0.2) is 47.3 Å². The fourth-order valence-corrected chi connectivity index (χ4v) is 3.10. The predicted octanol–water partition coefficient (Wildman–Crippen LogP) is 1.60. The van der Waals surface area contributed by atoms with Gasteiger partial charge in [-0.05, 0) is 30.3 Å². The molecular formula is C20H17N5O5. The Kier molecular flexibility index (Phi) is 4.59. The van der Waals surface area contributed by atoms with E-state index in [4.69, 9.17) is 15.2 Å². The minimum Gasteiger partial charge on any atom is -0.504 e. The van der Waals surface area contributed by atoms with E-state index in [1.54, 1.807) is 30.3 Å². The number of nitrogens with zero attached hydrogens (tertiary/aromatic N) is 3.